The van der Waals surface area contributed by atoms with E-state index in [-0.39, 0.29) is 11.8 Å². The lowest BCUT2D eigenvalue weighted by atomic mass is 10.1. The van der Waals surface area contributed by atoms with Crippen molar-refractivity contribution in [2.75, 3.05) is 27.4 Å². The first-order valence-electron chi connectivity index (χ1n) is 10.2. The van der Waals surface area contributed by atoms with Crippen molar-refractivity contribution in [3.8, 4) is 28.6 Å². The molecular formula is C23H25N3O5. The van der Waals surface area contributed by atoms with Gasteiger partial charge in [-0.05, 0) is 36.8 Å². The molecule has 0 radical (unpaired) electrons. The zero-order chi connectivity index (χ0) is 21.8. The quantitative estimate of drug-likeness (QED) is 0.546. The average molecular weight is 423 g/mol. The van der Waals surface area contributed by atoms with Crippen LogP contribution in [0.3, 0.4) is 0 Å². The molecule has 1 unspecified atom stereocenters. The summed E-state index contributed by atoms with van der Waals surface area (Å²) < 4.78 is 21.6. The maximum atomic E-state index is 12.6. The van der Waals surface area contributed by atoms with E-state index in [2.05, 4.69) is 10.1 Å². The Kier molecular flexibility index (Phi) is 6.06. The first kappa shape index (κ1) is 20.7. The number of ether oxygens (including phenoxy) is 3. The average Bonchev–Trinajstić information content (AvgIpc) is 3.42. The van der Waals surface area contributed by atoms with Gasteiger partial charge in [0.1, 0.15) is 17.2 Å². The van der Waals surface area contributed by atoms with Crippen LogP contribution in [0, 0.1) is 0 Å². The maximum absolute atomic E-state index is 12.6. The van der Waals surface area contributed by atoms with Crippen LogP contribution in [0.15, 0.2) is 47.0 Å². The highest BCUT2D eigenvalue weighted by Crippen LogP contribution is 2.32. The highest BCUT2D eigenvalue weighted by atomic mass is 16.5. The number of rotatable bonds is 8. The monoisotopic (exact) mass is 423 g/mol. The van der Waals surface area contributed by atoms with Gasteiger partial charge in [-0.1, -0.05) is 17.3 Å². The van der Waals surface area contributed by atoms with E-state index in [1.165, 1.54) is 0 Å². The molecule has 4 rings (SSSR count). The van der Waals surface area contributed by atoms with Gasteiger partial charge in [-0.2, -0.15) is 4.98 Å². The zero-order valence-corrected chi connectivity index (χ0v) is 17.8. The predicted octanol–water partition coefficient (Wildman–Crippen LogP) is 3.67. The third-order valence-electron chi connectivity index (χ3n) is 5.22. The summed E-state index contributed by atoms with van der Waals surface area (Å²) in [5, 5.41) is 4.10. The van der Waals surface area contributed by atoms with Gasteiger partial charge in [-0.3, -0.25) is 4.79 Å². The lowest BCUT2D eigenvalue weighted by molar-refractivity contribution is -0.128. The summed E-state index contributed by atoms with van der Waals surface area (Å²) in [6.07, 6.45) is 0.347. The predicted molar refractivity (Wildman–Crippen MR) is 113 cm³/mol. The number of aromatic nitrogens is 2. The molecule has 1 atom stereocenters. The van der Waals surface area contributed by atoms with Crippen LogP contribution in [-0.4, -0.2) is 48.3 Å². The first-order valence-corrected chi connectivity index (χ1v) is 10.2. The van der Waals surface area contributed by atoms with Crippen molar-refractivity contribution in [2.24, 2.45) is 0 Å². The van der Waals surface area contributed by atoms with Crippen LogP contribution in [0.1, 0.15) is 30.7 Å². The van der Waals surface area contributed by atoms with Gasteiger partial charge in [0.15, 0.2) is 0 Å². The van der Waals surface area contributed by atoms with Crippen LogP contribution in [0.25, 0.3) is 11.4 Å². The fourth-order valence-electron chi connectivity index (χ4n) is 3.62. The summed E-state index contributed by atoms with van der Waals surface area (Å²) in [5.74, 6) is 2.93. The van der Waals surface area contributed by atoms with Crippen LogP contribution in [-0.2, 0) is 11.3 Å². The number of hydrogen-bond acceptors (Lipinski definition) is 7. The van der Waals surface area contributed by atoms with Crippen LogP contribution in [0.2, 0.25) is 0 Å². The number of amides is 1. The van der Waals surface area contributed by atoms with Gasteiger partial charge in [0, 0.05) is 31.1 Å². The maximum Gasteiger partial charge on any atom is 0.232 e. The van der Waals surface area contributed by atoms with E-state index >= 15 is 0 Å². The minimum absolute atomic E-state index is 0.0710. The van der Waals surface area contributed by atoms with E-state index in [4.69, 9.17) is 18.7 Å². The van der Waals surface area contributed by atoms with Crippen LogP contribution in [0.5, 0.6) is 17.2 Å². The number of nitrogens with zero attached hydrogens (tertiary/aromatic N) is 3. The Labute approximate surface area is 180 Å². The topological polar surface area (TPSA) is 86.9 Å². The molecule has 2 heterocycles. The van der Waals surface area contributed by atoms with Gasteiger partial charge in [0.25, 0.3) is 0 Å². The highest BCUT2D eigenvalue weighted by molar-refractivity contribution is 5.79. The Morgan fingerprint density at radius 3 is 2.42 bits per heavy atom. The first-order chi connectivity index (χ1) is 15.1. The van der Waals surface area contributed by atoms with E-state index in [1.54, 1.807) is 20.3 Å². The van der Waals surface area contributed by atoms with Gasteiger partial charge in [0.2, 0.25) is 17.6 Å². The fourth-order valence-corrected chi connectivity index (χ4v) is 3.62. The van der Waals surface area contributed by atoms with Crippen molar-refractivity contribution in [1.29, 1.82) is 0 Å². The molecule has 1 aromatic heterocycles. The molecule has 31 heavy (non-hydrogen) atoms. The Bertz CT molecular complexity index is 1030. The fraction of sp³-hybridized carbons (Fsp3) is 0.348. The van der Waals surface area contributed by atoms with Crippen LogP contribution in [0.4, 0.5) is 0 Å². The van der Waals surface area contributed by atoms with Crippen molar-refractivity contribution < 1.29 is 23.5 Å². The number of methoxy groups -OCH3 is 2. The van der Waals surface area contributed by atoms with Gasteiger partial charge < -0.3 is 23.6 Å². The third kappa shape index (κ3) is 4.63. The van der Waals surface area contributed by atoms with Crippen LogP contribution >= 0.6 is 0 Å². The lowest BCUT2D eigenvalue weighted by Gasteiger charge is -2.16. The standard InChI is InChI=1S/C23H25N3O5/c1-4-30-18-7-5-15(6-8-18)13-26-14-17(11-21(26)27)23-24-22(25-31-23)16-9-19(28-2)12-20(10-16)29-3/h5-10,12,17H,4,11,13-14H2,1-3H3. The minimum Gasteiger partial charge on any atom is -0.497 e. The van der Waals surface area contributed by atoms with Gasteiger partial charge >= 0.3 is 0 Å². The molecule has 2 aromatic carbocycles. The number of hydrogen-bond donors (Lipinski definition) is 0. The largest absolute Gasteiger partial charge is 0.497 e. The zero-order valence-electron chi connectivity index (χ0n) is 17.8. The van der Waals surface area contributed by atoms with Gasteiger partial charge in [-0.15, -0.1) is 0 Å². The summed E-state index contributed by atoms with van der Waals surface area (Å²) in [4.78, 5) is 18.9. The Morgan fingerprint density at radius 2 is 1.77 bits per heavy atom. The number of benzene rings is 2. The highest BCUT2D eigenvalue weighted by Gasteiger charge is 2.34. The summed E-state index contributed by atoms with van der Waals surface area (Å²) in [6, 6.07) is 13.2. The van der Waals surface area contributed by atoms with Crippen molar-refractivity contribution in [3.05, 3.63) is 53.9 Å². The molecule has 1 aliphatic heterocycles. The molecule has 0 bridgehead atoms. The molecule has 1 saturated heterocycles. The summed E-state index contributed by atoms with van der Waals surface area (Å²) in [5.41, 5.74) is 1.77. The van der Waals surface area contributed by atoms with Gasteiger partial charge in [0.05, 0.1) is 26.7 Å². The van der Waals surface area contributed by atoms with E-state index in [0.717, 1.165) is 16.9 Å². The second-order valence-electron chi connectivity index (χ2n) is 7.31. The SMILES string of the molecule is CCOc1ccc(CN2CC(c3nc(-c4cc(OC)cc(OC)c4)no3)CC2=O)cc1. The van der Waals surface area contributed by atoms with E-state index in [9.17, 15) is 4.79 Å². The number of likely N-dealkylation sites (tertiary alicyclic amines) is 1. The molecule has 8 nitrogen and oxygen atoms in total. The molecule has 1 aliphatic rings. The smallest absolute Gasteiger partial charge is 0.232 e. The summed E-state index contributed by atoms with van der Waals surface area (Å²) in [6.45, 7) is 3.65. The molecule has 1 fully saturated rings. The summed E-state index contributed by atoms with van der Waals surface area (Å²) in [7, 11) is 3.17. The second kappa shape index (κ2) is 9.07. The van der Waals surface area contributed by atoms with E-state index in [1.807, 2.05) is 48.2 Å². The molecule has 3 aromatic rings. The molecule has 0 N–H and O–H groups in total. The molecular weight excluding hydrogens is 398 g/mol. The third-order valence-corrected chi connectivity index (χ3v) is 5.22. The lowest BCUT2D eigenvalue weighted by Crippen LogP contribution is -2.24. The molecule has 0 saturated carbocycles. The molecule has 0 spiro atoms. The number of carbonyl (C=O) groups is 1. The molecule has 8 heteroatoms. The van der Waals surface area contributed by atoms with Crippen LogP contribution < -0.4 is 14.2 Å². The molecule has 162 valence electrons. The molecule has 1 amide bonds. The Hall–Kier alpha value is -3.55. The Balaban J connectivity index is 1.46. The number of carbonyl (C=O) groups excluding carboxylic acids is 1. The van der Waals surface area contributed by atoms with Crippen molar-refractivity contribution in [1.82, 2.24) is 15.0 Å². The minimum atomic E-state index is -0.135. The Morgan fingerprint density at radius 1 is 1.06 bits per heavy atom. The normalized spacial score (nSPS) is 15.9. The van der Waals surface area contributed by atoms with E-state index in [0.29, 0.717) is 49.3 Å². The second-order valence-corrected chi connectivity index (χ2v) is 7.31. The van der Waals surface area contributed by atoms with Crippen molar-refractivity contribution in [3.63, 3.8) is 0 Å². The summed E-state index contributed by atoms with van der Waals surface area (Å²) >= 11 is 0. The molecule has 0 aliphatic carbocycles. The van der Waals surface area contributed by atoms with Crippen molar-refractivity contribution in [2.45, 2.75) is 25.8 Å². The van der Waals surface area contributed by atoms with Gasteiger partial charge in [-0.25, -0.2) is 0 Å². The van der Waals surface area contributed by atoms with Crippen molar-refractivity contribution >= 4 is 5.91 Å². The van der Waals surface area contributed by atoms with E-state index < -0.39 is 0 Å².